The summed E-state index contributed by atoms with van der Waals surface area (Å²) < 4.78 is 4.86. The second-order valence-corrected chi connectivity index (χ2v) is 2.91. The van der Waals surface area contributed by atoms with Crippen LogP contribution in [0.3, 0.4) is 0 Å². The molecule has 0 bridgehead atoms. The third-order valence-corrected chi connectivity index (χ3v) is 1.90. The summed E-state index contributed by atoms with van der Waals surface area (Å²) in [4.78, 5) is 10.2. The lowest BCUT2D eigenvalue weighted by atomic mass is 10.2. The SMILES string of the molecule is COc1ccc(NCC=CO)cc1[N+](=O)[O-]. The number of aliphatic hydroxyl groups excluding tert-OH is 1. The van der Waals surface area contributed by atoms with E-state index < -0.39 is 4.92 Å². The predicted octanol–water partition coefficient (Wildman–Crippen LogP) is 2.09. The van der Waals surface area contributed by atoms with Gasteiger partial charge in [-0.05, 0) is 18.2 Å². The maximum atomic E-state index is 10.7. The smallest absolute Gasteiger partial charge is 0.312 e. The van der Waals surface area contributed by atoms with E-state index in [1.54, 1.807) is 6.07 Å². The van der Waals surface area contributed by atoms with Crippen molar-refractivity contribution in [2.24, 2.45) is 0 Å². The van der Waals surface area contributed by atoms with E-state index in [0.29, 0.717) is 12.2 Å². The first-order valence-electron chi connectivity index (χ1n) is 4.54. The van der Waals surface area contributed by atoms with Crippen LogP contribution in [0, 0.1) is 10.1 Å². The summed E-state index contributed by atoms with van der Waals surface area (Å²) in [6.07, 6.45) is 2.39. The number of aliphatic hydroxyl groups is 1. The molecule has 0 aliphatic rings. The molecular formula is C10H12N2O4. The molecule has 0 amide bonds. The van der Waals surface area contributed by atoms with E-state index in [9.17, 15) is 10.1 Å². The average Bonchev–Trinajstić information content (AvgIpc) is 2.29. The van der Waals surface area contributed by atoms with E-state index in [1.165, 1.54) is 25.3 Å². The van der Waals surface area contributed by atoms with Crippen molar-refractivity contribution in [3.05, 3.63) is 40.7 Å². The number of anilines is 1. The standard InChI is InChI=1S/C10H12N2O4/c1-16-10-4-3-8(11-5-2-6-13)7-9(10)12(14)15/h2-4,6-7,11,13H,5H2,1H3. The highest BCUT2D eigenvalue weighted by atomic mass is 16.6. The molecule has 0 radical (unpaired) electrons. The Bertz CT molecular complexity index is 404. The lowest BCUT2D eigenvalue weighted by molar-refractivity contribution is -0.385. The molecule has 1 aromatic carbocycles. The summed E-state index contributed by atoms with van der Waals surface area (Å²) in [6, 6.07) is 4.56. The van der Waals surface area contributed by atoms with Crippen LogP contribution in [0.15, 0.2) is 30.5 Å². The fourth-order valence-electron chi connectivity index (χ4n) is 1.17. The molecule has 0 aliphatic heterocycles. The zero-order chi connectivity index (χ0) is 12.0. The second-order valence-electron chi connectivity index (χ2n) is 2.91. The maximum absolute atomic E-state index is 10.7. The third kappa shape index (κ3) is 2.88. The summed E-state index contributed by atoms with van der Waals surface area (Å²) in [6.45, 7) is 0.389. The van der Waals surface area contributed by atoms with Gasteiger partial charge in [-0.2, -0.15) is 0 Å². The molecule has 0 heterocycles. The minimum Gasteiger partial charge on any atom is -0.516 e. The lowest BCUT2D eigenvalue weighted by Crippen LogP contribution is -2.00. The molecule has 0 unspecified atom stereocenters. The Balaban J connectivity index is 2.89. The molecule has 6 heteroatoms. The van der Waals surface area contributed by atoms with E-state index in [2.05, 4.69) is 5.32 Å². The monoisotopic (exact) mass is 224 g/mol. The molecule has 16 heavy (non-hydrogen) atoms. The number of ether oxygens (including phenoxy) is 1. The van der Waals surface area contributed by atoms with Gasteiger partial charge < -0.3 is 15.2 Å². The molecule has 2 N–H and O–H groups in total. The van der Waals surface area contributed by atoms with Crippen molar-refractivity contribution in [1.82, 2.24) is 0 Å². The fourth-order valence-corrected chi connectivity index (χ4v) is 1.17. The molecule has 86 valence electrons. The van der Waals surface area contributed by atoms with E-state index in [4.69, 9.17) is 9.84 Å². The average molecular weight is 224 g/mol. The van der Waals surface area contributed by atoms with Crippen molar-refractivity contribution in [3.63, 3.8) is 0 Å². The van der Waals surface area contributed by atoms with Gasteiger partial charge in [0.2, 0.25) is 0 Å². The Morgan fingerprint density at radius 1 is 1.62 bits per heavy atom. The molecule has 0 fully saturated rings. The summed E-state index contributed by atoms with van der Waals surface area (Å²) in [5, 5.41) is 22.0. The number of benzene rings is 1. The Morgan fingerprint density at radius 2 is 2.38 bits per heavy atom. The van der Waals surface area contributed by atoms with E-state index in [0.717, 1.165) is 6.26 Å². The van der Waals surface area contributed by atoms with Crippen LogP contribution in [-0.2, 0) is 0 Å². The van der Waals surface area contributed by atoms with Crippen molar-refractivity contribution < 1.29 is 14.8 Å². The molecule has 1 aromatic rings. The van der Waals surface area contributed by atoms with Crippen LogP contribution in [0.1, 0.15) is 0 Å². The van der Waals surface area contributed by atoms with Crippen LogP contribution in [0.4, 0.5) is 11.4 Å². The van der Waals surface area contributed by atoms with Crippen molar-refractivity contribution in [2.45, 2.75) is 0 Å². The second kappa shape index (κ2) is 5.59. The first-order chi connectivity index (χ1) is 7.69. The number of methoxy groups -OCH3 is 1. The highest BCUT2D eigenvalue weighted by molar-refractivity contribution is 5.58. The van der Waals surface area contributed by atoms with Gasteiger partial charge in [0, 0.05) is 18.3 Å². The van der Waals surface area contributed by atoms with Gasteiger partial charge in [0.15, 0.2) is 5.75 Å². The molecular weight excluding hydrogens is 212 g/mol. The van der Waals surface area contributed by atoms with E-state index in [-0.39, 0.29) is 11.4 Å². The zero-order valence-electron chi connectivity index (χ0n) is 8.71. The Labute approximate surface area is 92.3 Å². The minimum absolute atomic E-state index is 0.0968. The molecule has 0 saturated heterocycles. The predicted molar refractivity (Wildman–Crippen MR) is 59.9 cm³/mol. The van der Waals surface area contributed by atoms with E-state index in [1.807, 2.05) is 0 Å². The first kappa shape index (κ1) is 11.8. The van der Waals surface area contributed by atoms with Gasteiger partial charge in [-0.15, -0.1) is 0 Å². The molecule has 1 rings (SSSR count). The topological polar surface area (TPSA) is 84.6 Å². The van der Waals surface area contributed by atoms with Crippen molar-refractivity contribution in [1.29, 1.82) is 0 Å². The fraction of sp³-hybridized carbons (Fsp3) is 0.200. The first-order valence-corrected chi connectivity index (χ1v) is 4.54. The van der Waals surface area contributed by atoms with E-state index >= 15 is 0 Å². The van der Waals surface area contributed by atoms with Gasteiger partial charge in [-0.25, -0.2) is 0 Å². The number of nitro benzene ring substituents is 1. The number of nitro groups is 1. The van der Waals surface area contributed by atoms with Crippen molar-refractivity contribution in [2.75, 3.05) is 19.0 Å². The van der Waals surface area contributed by atoms with Crippen LogP contribution >= 0.6 is 0 Å². The van der Waals surface area contributed by atoms with Gasteiger partial charge in [0.25, 0.3) is 0 Å². The van der Waals surface area contributed by atoms with Gasteiger partial charge in [0.05, 0.1) is 18.3 Å². The molecule has 0 atom stereocenters. The highest BCUT2D eigenvalue weighted by Crippen LogP contribution is 2.29. The number of hydrogen-bond acceptors (Lipinski definition) is 5. The summed E-state index contributed by atoms with van der Waals surface area (Å²) >= 11 is 0. The Kier molecular flexibility index (Phi) is 4.14. The minimum atomic E-state index is -0.508. The van der Waals surface area contributed by atoms with Crippen molar-refractivity contribution >= 4 is 11.4 Å². The number of nitrogens with one attached hydrogen (secondary N) is 1. The van der Waals surface area contributed by atoms with Crippen LogP contribution in [0.2, 0.25) is 0 Å². The van der Waals surface area contributed by atoms with Gasteiger partial charge in [0.1, 0.15) is 0 Å². The summed E-state index contributed by atoms with van der Waals surface area (Å²) in [7, 11) is 1.38. The van der Waals surface area contributed by atoms with Crippen molar-refractivity contribution in [3.8, 4) is 5.75 Å². The molecule has 0 spiro atoms. The largest absolute Gasteiger partial charge is 0.516 e. The molecule has 6 nitrogen and oxygen atoms in total. The maximum Gasteiger partial charge on any atom is 0.312 e. The number of hydrogen-bond donors (Lipinski definition) is 2. The normalized spacial score (nSPS) is 10.3. The molecule has 0 saturated carbocycles. The Morgan fingerprint density at radius 3 is 2.94 bits per heavy atom. The molecule has 0 aromatic heterocycles. The van der Waals surface area contributed by atoms with Crippen LogP contribution in [0.5, 0.6) is 5.75 Å². The van der Waals surface area contributed by atoms with Gasteiger partial charge in [-0.1, -0.05) is 0 Å². The van der Waals surface area contributed by atoms with Crippen LogP contribution in [-0.4, -0.2) is 23.7 Å². The number of rotatable bonds is 5. The summed E-state index contributed by atoms with van der Waals surface area (Å²) in [5.74, 6) is 0.216. The quantitative estimate of drug-likeness (QED) is 0.454. The third-order valence-electron chi connectivity index (χ3n) is 1.90. The number of nitrogens with zero attached hydrogens (tertiary/aromatic N) is 1. The summed E-state index contributed by atoms with van der Waals surface area (Å²) in [5.41, 5.74) is 0.492. The Hall–Kier alpha value is -2.24. The van der Waals surface area contributed by atoms with Crippen LogP contribution < -0.4 is 10.1 Å². The zero-order valence-corrected chi connectivity index (χ0v) is 8.71. The highest BCUT2D eigenvalue weighted by Gasteiger charge is 2.14. The van der Waals surface area contributed by atoms with Gasteiger partial charge in [-0.3, -0.25) is 10.1 Å². The lowest BCUT2D eigenvalue weighted by Gasteiger charge is -2.05. The van der Waals surface area contributed by atoms with Gasteiger partial charge >= 0.3 is 5.69 Å². The molecule has 0 aliphatic carbocycles. The van der Waals surface area contributed by atoms with Crippen LogP contribution in [0.25, 0.3) is 0 Å².